The van der Waals surface area contributed by atoms with E-state index in [1.54, 1.807) is 35.2 Å². The molecule has 8 heteroatoms. The maximum absolute atomic E-state index is 14.6. The van der Waals surface area contributed by atoms with E-state index in [0.29, 0.717) is 58.8 Å². The summed E-state index contributed by atoms with van der Waals surface area (Å²) in [6.07, 6.45) is 0.205. The topological polar surface area (TPSA) is 47.4 Å². The van der Waals surface area contributed by atoms with Crippen LogP contribution in [0.2, 0.25) is 10.0 Å². The number of amides is 1. The Morgan fingerprint density at radius 1 is 1.00 bits per heavy atom. The summed E-state index contributed by atoms with van der Waals surface area (Å²) in [5.74, 6) is 0.150. The predicted molar refractivity (Wildman–Crippen MR) is 131 cm³/mol. The normalized spacial score (nSPS) is 15.0. The van der Waals surface area contributed by atoms with Crippen LogP contribution in [-0.4, -0.2) is 46.7 Å². The van der Waals surface area contributed by atoms with Crippen LogP contribution >= 0.6 is 23.2 Å². The lowest BCUT2D eigenvalue weighted by Gasteiger charge is -2.32. The Morgan fingerprint density at radius 2 is 1.68 bits per heavy atom. The van der Waals surface area contributed by atoms with Crippen LogP contribution in [0.3, 0.4) is 0 Å². The molecule has 174 valence electrons. The highest BCUT2D eigenvalue weighted by Gasteiger charge is 2.32. The van der Waals surface area contributed by atoms with E-state index in [0.717, 1.165) is 5.56 Å². The molecule has 3 aromatic carbocycles. The van der Waals surface area contributed by atoms with Crippen molar-refractivity contribution in [3.63, 3.8) is 0 Å². The molecular weight excluding hydrogens is 476 g/mol. The molecule has 2 heterocycles. The van der Waals surface area contributed by atoms with Gasteiger partial charge in [0.25, 0.3) is 5.91 Å². The number of carbonyl (C=O) groups excluding carboxylic acids is 1. The summed E-state index contributed by atoms with van der Waals surface area (Å²) in [5, 5.41) is 0.727. The summed E-state index contributed by atoms with van der Waals surface area (Å²) < 4.78 is 21.9. The standard InChI is InChI=1S/C26H22Cl2FN3O2/c27-19-15-22-23(16-20(19)28)32(24(30-22)14-18-8-4-5-9-21(18)29)25(17-6-2-1-3-7-17)26(33)31-10-12-34-13-11-31/h1-9,15-16,25H,10-14H2. The Labute approximate surface area is 206 Å². The number of hydrogen-bond acceptors (Lipinski definition) is 3. The molecule has 0 N–H and O–H groups in total. The molecule has 0 aliphatic carbocycles. The number of aromatic nitrogens is 2. The zero-order chi connectivity index (χ0) is 23.7. The highest BCUT2D eigenvalue weighted by Crippen LogP contribution is 2.34. The van der Waals surface area contributed by atoms with Gasteiger partial charge in [-0.25, -0.2) is 9.37 Å². The van der Waals surface area contributed by atoms with Crippen LogP contribution in [0.4, 0.5) is 4.39 Å². The van der Waals surface area contributed by atoms with Crippen LogP contribution in [0.25, 0.3) is 11.0 Å². The molecule has 1 fully saturated rings. The Balaban J connectivity index is 1.72. The number of morpholine rings is 1. The van der Waals surface area contributed by atoms with Crippen LogP contribution in [0.5, 0.6) is 0 Å². The third-order valence-electron chi connectivity index (χ3n) is 6.04. The molecule has 0 spiro atoms. The van der Waals surface area contributed by atoms with Crippen LogP contribution in [-0.2, 0) is 16.0 Å². The fourth-order valence-electron chi connectivity index (χ4n) is 4.36. The van der Waals surface area contributed by atoms with E-state index in [1.165, 1.54) is 6.07 Å². The average Bonchev–Trinajstić information content (AvgIpc) is 3.18. The molecule has 0 saturated carbocycles. The molecule has 1 saturated heterocycles. The quantitative estimate of drug-likeness (QED) is 0.364. The van der Waals surface area contributed by atoms with E-state index in [4.69, 9.17) is 32.9 Å². The number of hydrogen-bond donors (Lipinski definition) is 0. The molecule has 1 unspecified atom stereocenters. The first-order chi connectivity index (χ1) is 16.5. The smallest absolute Gasteiger partial charge is 0.250 e. The molecular formula is C26H22Cl2FN3O2. The number of fused-ring (bicyclic) bond motifs is 1. The van der Waals surface area contributed by atoms with Crippen molar-refractivity contribution in [3.05, 3.63) is 99.5 Å². The van der Waals surface area contributed by atoms with E-state index in [-0.39, 0.29) is 18.1 Å². The molecule has 1 amide bonds. The highest BCUT2D eigenvalue weighted by atomic mass is 35.5. The lowest BCUT2D eigenvalue weighted by molar-refractivity contribution is -0.137. The maximum atomic E-state index is 14.6. The van der Waals surface area contributed by atoms with E-state index in [9.17, 15) is 9.18 Å². The molecule has 0 bridgehead atoms. The van der Waals surface area contributed by atoms with Crippen molar-refractivity contribution >= 4 is 40.1 Å². The molecule has 1 aliphatic heterocycles. The van der Waals surface area contributed by atoms with Crippen molar-refractivity contribution in [3.8, 4) is 0 Å². The summed E-state index contributed by atoms with van der Waals surface area (Å²) in [4.78, 5) is 20.5. The van der Waals surface area contributed by atoms with Crippen molar-refractivity contribution in [2.45, 2.75) is 12.5 Å². The van der Waals surface area contributed by atoms with Crippen LogP contribution in [0.1, 0.15) is 23.0 Å². The fourth-order valence-corrected chi connectivity index (χ4v) is 4.68. The molecule has 1 aromatic heterocycles. The van der Waals surface area contributed by atoms with Crippen molar-refractivity contribution in [2.24, 2.45) is 0 Å². The zero-order valence-electron chi connectivity index (χ0n) is 18.3. The summed E-state index contributed by atoms with van der Waals surface area (Å²) in [6.45, 7) is 1.98. The SMILES string of the molecule is O=C(C(c1ccccc1)n1c(Cc2ccccc2F)nc2cc(Cl)c(Cl)cc21)N1CCOCC1. The van der Waals surface area contributed by atoms with Gasteiger partial charge < -0.3 is 14.2 Å². The van der Waals surface area contributed by atoms with E-state index in [1.807, 2.05) is 34.9 Å². The minimum Gasteiger partial charge on any atom is -0.378 e. The Bertz CT molecular complexity index is 1340. The van der Waals surface area contributed by atoms with Crippen LogP contribution in [0, 0.1) is 5.82 Å². The lowest BCUT2D eigenvalue weighted by Crippen LogP contribution is -2.44. The number of benzene rings is 3. The van der Waals surface area contributed by atoms with Crippen LogP contribution in [0.15, 0.2) is 66.7 Å². The van der Waals surface area contributed by atoms with Crippen molar-refractivity contribution in [2.75, 3.05) is 26.3 Å². The third-order valence-corrected chi connectivity index (χ3v) is 6.76. The molecule has 4 aromatic rings. The number of ether oxygens (including phenoxy) is 1. The van der Waals surface area contributed by atoms with Gasteiger partial charge in [0.15, 0.2) is 0 Å². The number of carbonyl (C=O) groups is 1. The van der Waals surface area contributed by atoms with Gasteiger partial charge in [0.2, 0.25) is 0 Å². The Morgan fingerprint density at radius 3 is 2.41 bits per heavy atom. The van der Waals surface area contributed by atoms with Gasteiger partial charge in [-0.2, -0.15) is 0 Å². The van der Waals surface area contributed by atoms with E-state index < -0.39 is 6.04 Å². The third kappa shape index (κ3) is 4.41. The largest absolute Gasteiger partial charge is 0.378 e. The predicted octanol–water partition coefficient (Wildman–Crippen LogP) is 5.52. The first-order valence-electron chi connectivity index (χ1n) is 11.0. The number of rotatable bonds is 5. The molecule has 5 rings (SSSR count). The van der Waals surface area contributed by atoms with E-state index >= 15 is 0 Å². The van der Waals surface area contributed by atoms with Crippen molar-refractivity contribution < 1.29 is 13.9 Å². The van der Waals surface area contributed by atoms with Gasteiger partial charge in [0, 0.05) is 19.5 Å². The first kappa shape index (κ1) is 22.8. The average molecular weight is 498 g/mol. The highest BCUT2D eigenvalue weighted by molar-refractivity contribution is 6.42. The summed E-state index contributed by atoms with van der Waals surface area (Å²) in [7, 11) is 0. The molecule has 0 radical (unpaired) electrons. The van der Waals surface area contributed by atoms with Gasteiger partial charge in [-0.15, -0.1) is 0 Å². The maximum Gasteiger partial charge on any atom is 0.250 e. The molecule has 1 atom stereocenters. The second-order valence-corrected chi connectivity index (χ2v) is 8.99. The van der Waals surface area contributed by atoms with Gasteiger partial charge in [0.1, 0.15) is 17.7 Å². The summed E-state index contributed by atoms with van der Waals surface area (Å²) in [6, 6.07) is 18.8. The van der Waals surface area contributed by atoms with Gasteiger partial charge in [0.05, 0.1) is 34.3 Å². The van der Waals surface area contributed by atoms with Gasteiger partial charge in [-0.3, -0.25) is 4.79 Å². The number of nitrogens with zero attached hydrogens (tertiary/aromatic N) is 3. The Hall–Kier alpha value is -2.93. The molecule has 5 nitrogen and oxygen atoms in total. The fraction of sp³-hybridized carbons (Fsp3) is 0.231. The van der Waals surface area contributed by atoms with Gasteiger partial charge in [-0.05, 0) is 29.3 Å². The zero-order valence-corrected chi connectivity index (χ0v) is 19.8. The summed E-state index contributed by atoms with van der Waals surface area (Å²) >= 11 is 12.7. The van der Waals surface area contributed by atoms with E-state index in [2.05, 4.69) is 0 Å². The van der Waals surface area contributed by atoms with Gasteiger partial charge >= 0.3 is 0 Å². The second-order valence-electron chi connectivity index (χ2n) is 8.17. The Kier molecular flexibility index (Phi) is 6.55. The minimum absolute atomic E-state index is 0.0744. The number of imidazole rings is 1. The van der Waals surface area contributed by atoms with Gasteiger partial charge in [-0.1, -0.05) is 71.7 Å². The lowest BCUT2D eigenvalue weighted by atomic mass is 10.0. The first-order valence-corrected chi connectivity index (χ1v) is 11.8. The molecule has 1 aliphatic rings. The monoisotopic (exact) mass is 497 g/mol. The van der Waals surface area contributed by atoms with Crippen molar-refractivity contribution in [1.29, 1.82) is 0 Å². The van der Waals surface area contributed by atoms with Crippen LogP contribution < -0.4 is 0 Å². The summed E-state index contributed by atoms with van der Waals surface area (Å²) in [5.41, 5.74) is 2.55. The minimum atomic E-state index is -0.705. The van der Waals surface area contributed by atoms with Crippen molar-refractivity contribution in [1.82, 2.24) is 14.5 Å². The second kappa shape index (κ2) is 9.74. The number of halogens is 3. The molecule has 34 heavy (non-hydrogen) atoms.